The van der Waals surface area contributed by atoms with Crippen LogP contribution in [0.4, 0.5) is 0 Å². The van der Waals surface area contributed by atoms with E-state index in [1.165, 1.54) is 19.9 Å². The lowest BCUT2D eigenvalue weighted by Gasteiger charge is -2.62. The third-order valence-electron chi connectivity index (χ3n) is 10.2. The molecule has 2 N–H and O–H groups in total. The predicted molar refractivity (Wildman–Crippen MR) is 124 cm³/mol. The van der Waals surface area contributed by atoms with Crippen LogP contribution in [0.3, 0.4) is 0 Å². The number of Topliss-reactive ketones (excluding diaryl/α,β-unsaturated/α-hetero) is 1. The van der Waals surface area contributed by atoms with Gasteiger partial charge in [-0.15, -0.1) is 0 Å². The van der Waals surface area contributed by atoms with Gasteiger partial charge < -0.3 is 24.4 Å². The third kappa shape index (κ3) is 3.56. The molecular formula is C27H36O9. The van der Waals surface area contributed by atoms with Crippen LogP contribution in [-0.4, -0.2) is 64.4 Å². The zero-order valence-corrected chi connectivity index (χ0v) is 21.3. The van der Waals surface area contributed by atoms with E-state index in [1.807, 2.05) is 13.8 Å². The smallest absolute Gasteiger partial charge is 0.331 e. The summed E-state index contributed by atoms with van der Waals surface area (Å²) in [6, 6.07) is 0. The van der Waals surface area contributed by atoms with Crippen LogP contribution < -0.4 is 0 Å². The van der Waals surface area contributed by atoms with Gasteiger partial charge in [-0.1, -0.05) is 13.8 Å². The first-order valence-corrected chi connectivity index (χ1v) is 12.9. The van der Waals surface area contributed by atoms with Crippen LogP contribution in [0, 0.1) is 34.5 Å². The van der Waals surface area contributed by atoms with Crippen LogP contribution in [0.2, 0.25) is 0 Å². The van der Waals surface area contributed by atoms with Crippen molar-refractivity contribution in [3.63, 3.8) is 0 Å². The number of ketones is 1. The molecule has 5 aliphatic rings. The molecule has 4 fully saturated rings. The summed E-state index contributed by atoms with van der Waals surface area (Å²) < 4.78 is 16.2. The van der Waals surface area contributed by atoms with Crippen molar-refractivity contribution in [1.29, 1.82) is 0 Å². The molecule has 36 heavy (non-hydrogen) atoms. The Morgan fingerprint density at radius 3 is 2.31 bits per heavy atom. The number of carbonyl (C=O) groups excluding carboxylic acids is 4. The molecule has 1 heterocycles. The molecule has 0 aromatic heterocycles. The number of hydrogen-bond donors (Lipinski definition) is 2. The maximum atomic E-state index is 14.0. The number of esters is 3. The highest BCUT2D eigenvalue weighted by Crippen LogP contribution is 2.69. The maximum absolute atomic E-state index is 14.0. The van der Waals surface area contributed by atoms with E-state index in [2.05, 4.69) is 0 Å². The summed E-state index contributed by atoms with van der Waals surface area (Å²) in [5.74, 6) is -2.68. The first-order valence-electron chi connectivity index (χ1n) is 12.9. The maximum Gasteiger partial charge on any atom is 0.331 e. The molecule has 9 heteroatoms. The summed E-state index contributed by atoms with van der Waals surface area (Å²) in [5.41, 5.74) is -2.17. The standard InChI is InChI=1S/C27H36O9/c1-13(28)35-20-8-16-5-6-17-24(25(16,3)9-18(20)30)19(31)10-26(4)23(15-7-22(32)34-12-15)21(36-14(2)29)11-27(17,26)33/h7,16-18,20-21,23-24,30,33H,5-6,8-12H2,1-4H3/t16-,17-,18+,20-,21+,23+,24-,25+,26-,27+/m1/s1. The van der Waals surface area contributed by atoms with E-state index in [4.69, 9.17) is 14.2 Å². The molecule has 4 saturated carbocycles. The van der Waals surface area contributed by atoms with Gasteiger partial charge in [-0.25, -0.2) is 4.79 Å². The SMILES string of the molecule is CC(=O)O[C@H]1C[C@]2(O)[C@@H]3CC[C@@H]4C[C@@H](OC(C)=O)[C@@H](O)C[C@]4(C)[C@H]3C(=O)C[C@]2(C)[C@H]1C1=CC(=O)OC1. The van der Waals surface area contributed by atoms with Crippen LogP contribution in [0.5, 0.6) is 0 Å². The summed E-state index contributed by atoms with van der Waals surface area (Å²) in [5, 5.41) is 23.4. The zero-order chi connectivity index (χ0) is 26.2. The topological polar surface area (TPSA) is 136 Å². The lowest BCUT2D eigenvalue weighted by Crippen LogP contribution is -2.66. The molecule has 0 bridgehead atoms. The molecule has 0 amide bonds. The average Bonchev–Trinajstić information content (AvgIpc) is 3.25. The van der Waals surface area contributed by atoms with Gasteiger partial charge in [-0.3, -0.25) is 14.4 Å². The Labute approximate surface area is 210 Å². The van der Waals surface area contributed by atoms with Gasteiger partial charge in [0.05, 0.1) is 11.7 Å². The summed E-state index contributed by atoms with van der Waals surface area (Å²) >= 11 is 0. The first-order chi connectivity index (χ1) is 16.8. The van der Waals surface area contributed by atoms with Crippen molar-refractivity contribution in [1.82, 2.24) is 0 Å². The largest absolute Gasteiger partial charge is 0.462 e. The number of aliphatic hydroxyl groups is 2. The van der Waals surface area contributed by atoms with Gasteiger partial charge in [0.25, 0.3) is 0 Å². The lowest BCUT2D eigenvalue weighted by molar-refractivity contribution is -0.216. The number of carbonyl (C=O) groups is 4. The van der Waals surface area contributed by atoms with Gasteiger partial charge >= 0.3 is 17.9 Å². The fourth-order valence-electron chi connectivity index (χ4n) is 8.92. The molecular weight excluding hydrogens is 468 g/mol. The Hall–Kier alpha value is -2.26. The summed E-state index contributed by atoms with van der Waals surface area (Å²) in [7, 11) is 0. The first kappa shape index (κ1) is 25.4. The van der Waals surface area contributed by atoms with Gasteiger partial charge in [0, 0.05) is 50.0 Å². The molecule has 0 aromatic rings. The van der Waals surface area contributed by atoms with Crippen molar-refractivity contribution in [2.45, 2.75) is 90.1 Å². The van der Waals surface area contributed by atoms with Gasteiger partial charge in [0.1, 0.15) is 24.6 Å². The summed E-state index contributed by atoms with van der Waals surface area (Å²) in [6.07, 6.45) is 1.59. The van der Waals surface area contributed by atoms with Gasteiger partial charge in [0.2, 0.25) is 0 Å². The summed E-state index contributed by atoms with van der Waals surface area (Å²) in [6.45, 7) is 6.60. The number of fused-ring (bicyclic) bond motifs is 5. The van der Waals surface area contributed by atoms with Crippen molar-refractivity contribution in [2.75, 3.05) is 6.61 Å². The Morgan fingerprint density at radius 1 is 1.03 bits per heavy atom. The van der Waals surface area contributed by atoms with Crippen molar-refractivity contribution >= 4 is 23.7 Å². The molecule has 1 aliphatic heterocycles. The molecule has 0 radical (unpaired) electrons. The fraction of sp³-hybridized carbons (Fsp3) is 0.778. The minimum Gasteiger partial charge on any atom is -0.462 e. The van der Waals surface area contributed by atoms with Crippen molar-refractivity contribution < 1.29 is 43.6 Å². The number of hydrogen-bond acceptors (Lipinski definition) is 9. The number of ether oxygens (including phenoxy) is 3. The van der Waals surface area contributed by atoms with Crippen LogP contribution in [0.15, 0.2) is 11.6 Å². The Morgan fingerprint density at radius 2 is 1.69 bits per heavy atom. The second kappa shape index (κ2) is 8.38. The van der Waals surface area contributed by atoms with E-state index in [-0.39, 0.29) is 37.1 Å². The fourth-order valence-corrected chi connectivity index (χ4v) is 8.92. The van der Waals surface area contributed by atoms with E-state index >= 15 is 0 Å². The van der Waals surface area contributed by atoms with Crippen LogP contribution in [-0.2, 0) is 33.4 Å². The highest BCUT2D eigenvalue weighted by Gasteiger charge is 2.73. The minimum atomic E-state index is -1.31. The molecule has 0 unspecified atom stereocenters. The van der Waals surface area contributed by atoms with E-state index in [9.17, 15) is 29.4 Å². The molecule has 0 spiro atoms. The molecule has 4 aliphatic carbocycles. The quantitative estimate of drug-likeness (QED) is 0.436. The Kier molecular flexibility index (Phi) is 5.91. The normalized spacial score (nSPS) is 47.7. The second-order valence-electron chi connectivity index (χ2n) is 12.2. The zero-order valence-electron chi connectivity index (χ0n) is 21.3. The molecule has 198 valence electrons. The van der Waals surface area contributed by atoms with Crippen LogP contribution in [0.25, 0.3) is 0 Å². The summed E-state index contributed by atoms with van der Waals surface area (Å²) in [4.78, 5) is 49.5. The third-order valence-corrected chi connectivity index (χ3v) is 10.2. The van der Waals surface area contributed by atoms with Gasteiger partial charge in [-0.05, 0) is 48.5 Å². The van der Waals surface area contributed by atoms with Crippen molar-refractivity contribution in [3.05, 3.63) is 11.6 Å². The molecule has 5 rings (SSSR count). The highest BCUT2D eigenvalue weighted by molar-refractivity contribution is 5.87. The van der Waals surface area contributed by atoms with E-state index in [0.717, 1.165) is 6.42 Å². The van der Waals surface area contributed by atoms with E-state index in [1.54, 1.807) is 0 Å². The number of aliphatic hydroxyl groups excluding tert-OH is 1. The second-order valence-corrected chi connectivity index (χ2v) is 12.2. The minimum absolute atomic E-state index is 0.0248. The number of cyclic esters (lactones) is 1. The van der Waals surface area contributed by atoms with E-state index in [0.29, 0.717) is 24.8 Å². The number of rotatable bonds is 3. The van der Waals surface area contributed by atoms with Crippen LogP contribution in [0.1, 0.15) is 66.2 Å². The highest BCUT2D eigenvalue weighted by atomic mass is 16.6. The van der Waals surface area contributed by atoms with E-state index < -0.39 is 64.5 Å². The monoisotopic (exact) mass is 504 g/mol. The molecule has 9 nitrogen and oxygen atoms in total. The molecule has 0 saturated heterocycles. The average molecular weight is 505 g/mol. The Balaban J connectivity index is 1.52. The van der Waals surface area contributed by atoms with Crippen LogP contribution >= 0.6 is 0 Å². The van der Waals surface area contributed by atoms with Gasteiger partial charge in [-0.2, -0.15) is 0 Å². The predicted octanol–water partition coefficient (Wildman–Crippen LogP) is 1.87. The van der Waals surface area contributed by atoms with Crippen molar-refractivity contribution in [3.8, 4) is 0 Å². The Bertz CT molecular complexity index is 1030. The van der Waals surface area contributed by atoms with Crippen molar-refractivity contribution in [2.24, 2.45) is 34.5 Å². The molecule has 10 atom stereocenters. The molecule has 0 aromatic carbocycles. The van der Waals surface area contributed by atoms with Gasteiger partial charge in [0.15, 0.2) is 0 Å². The lowest BCUT2D eigenvalue weighted by atomic mass is 9.42.